The second kappa shape index (κ2) is 3.48. The summed E-state index contributed by atoms with van der Waals surface area (Å²) in [4.78, 5) is 0.117. The van der Waals surface area contributed by atoms with Crippen molar-refractivity contribution in [1.82, 2.24) is 0 Å². The van der Waals surface area contributed by atoms with Crippen LogP contribution in [-0.2, 0) is 16.3 Å². The molecule has 5 heteroatoms. The summed E-state index contributed by atoms with van der Waals surface area (Å²) in [6.07, 6.45) is 0.134. The second-order valence-electron chi connectivity index (χ2n) is 3.31. The molecule has 1 aromatic rings. The van der Waals surface area contributed by atoms with Gasteiger partial charge in [0, 0.05) is 6.42 Å². The van der Waals surface area contributed by atoms with Gasteiger partial charge in [-0.05, 0) is 11.6 Å². The van der Waals surface area contributed by atoms with Crippen molar-refractivity contribution in [3.63, 3.8) is 0 Å². The van der Waals surface area contributed by atoms with E-state index < -0.39 is 9.84 Å². The highest BCUT2D eigenvalue weighted by atomic mass is 32.2. The molecule has 0 aromatic heterocycles. The Morgan fingerprint density at radius 1 is 1.19 bits per heavy atom. The van der Waals surface area contributed by atoms with Crippen LogP contribution in [-0.4, -0.2) is 8.42 Å². The van der Waals surface area contributed by atoms with E-state index in [4.69, 9.17) is 10.5 Å². The Hall–Kier alpha value is -2.11. The predicted octanol–water partition coefficient (Wildman–Crippen LogP) is 1.32. The zero-order valence-electron chi connectivity index (χ0n) is 8.14. The molecule has 78 valence electrons. The minimum atomic E-state index is -3.64. The Bertz CT molecular complexity index is 657. The number of rotatable bonds is 0. The van der Waals surface area contributed by atoms with E-state index in [0.29, 0.717) is 5.56 Å². The summed E-state index contributed by atoms with van der Waals surface area (Å²) in [6.45, 7) is 0. The van der Waals surface area contributed by atoms with Crippen LogP contribution < -0.4 is 0 Å². The van der Waals surface area contributed by atoms with Crippen LogP contribution in [0.25, 0.3) is 0 Å². The van der Waals surface area contributed by atoms with Crippen LogP contribution in [0, 0.1) is 22.7 Å². The minimum Gasteiger partial charge on any atom is -0.219 e. The lowest BCUT2D eigenvalue weighted by Crippen LogP contribution is -2.00. The molecule has 1 heterocycles. The fourth-order valence-electron chi connectivity index (χ4n) is 1.69. The van der Waals surface area contributed by atoms with Gasteiger partial charge in [-0.3, -0.25) is 0 Å². The van der Waals surface area contributed by atoms with Gasteiger partial charge in [0.2, 0.25) is 9.84 Å². The monoisotopic (exact) mass is 230 g/mol. The molecule has 0 bridgehead atoms. The van der Waals surface area contributed by atoms with Gasteiger partial charge in [-0.25, -0.2) is 8.42 Å². The summed E-state index contributed by atoms with van der Waals surface area (Å²) in [5.74, 6) is 0. The molecule has 0 saturated carbocycles. The summed E-state index contributed by atoms with van der Waals surface area (Å²) in [6, 6.07) is 9.78. The van der Waals surface area contributed by atoms with E-state index in [2.05, 4.69) is 0 Å². The molecule has 2 rings (SSSR count). The van der Waals surface area contributed by atoms with E-state index >= 15 is 0 Å². The topological polar surface area (TPSA) is 81.7 Å². The smallest absolute Gasteiger partial charge is 0.205 e. The number of benzene rings is 1. The largest absolute Gasteiger partial charge is 0.219 e. The van der Waals surface area contributed by atoms with Crippen LogP contribution in [0.4, 0.5) is 0 Å². The highest BCUT2D eigenvalue weighted by Crippen LogP contribution is 2.35. The van der Waals surface area contributed by atoms with Crippen molar-refractivity contribution in [2.24, 2.45) is 0 Å². The lowest BCUT2D eigenvalue weighted by Gasteiger charge is -1.96. The molecule has 0 atom stereocenters. The fourth-order valence-corrected chi connectivity index (χ4v) is 3.40. The quantitative estimate of drug-likeness (QED) is 0.629. The van der Waals surface area contributed by atoms with Gasteiger partial charge < -0.3 is 0 Å². The summed E-state index contributed by atoms with van der Waals surface area (Å²) in [7, 11) is -3.64. The summed E-state index contributed by atoms with van der Waals surface area (Å²) in [5.41, 5.74) is 0.316. The summed E-state index contributed by atoms with van der Waals surface area (Å²) < 4.78 is 24.0. The van der Waals surface area contributed by atoms with E-state index in [0.717, 1.165) is 0 Å². The zero-order valence-corrected chi connectivity index (χ0v) is 8.95. The molecular formula is C11H6N2O2S. The Morgan fingerprint density at radius 3 is 2.38 bits per heavy atom. The van der Waals surface area contributed by atoms with Crippen LogP contribution >= 0.6 is 0 Å². The van der Waals surface area contributed by atoms with Crippen molar-refractivity contribution < 1.29 is 8.42 Å². The SMILES string of the molecule is N#CC(C#N)=C1Cc2ccccc2S1(=O)=O. The molecule has 1 aliphatic heterocycles. The van der Waals surface area contributed by atoms with Gasteiger partial charge in [0.1, 0.15) is 17.7 Å². The van der Waals surface area contributed by atoms with E-state index in [1.165, 1.54) is 6.07 Å². The van der Waals surface area contributed by atoms with Crippen LogP contribution in [0.3, 0.4) is 0 Å². The molecule has 0 saturated heterocycles. The molecule has 1 aromatic carbocycles. The van der Waals surface area contributed by atoms with Crippen LogP contribution in [0.1, 0.15) is 5.56 Å². The standard InChI is InChI=1S/C11H6N2O2S/c12-6-9(7-13)11-5-8-3-1-2-4-10(8)16(11,14)15/h1-4H,5H2. The molecule has 0 aliphatic carbocycles. The highest BCUT2D eigenvalue weighted by molar-refractivity contribution is 7.95. The Kier molecular flexibility index (Phi) is 2.26. The number of allylic oxidation sites excluding steroid dienone is 2. The maximum atomic E-state index is 12.0. The third kappa shape index (κ3) is 1.30. The maximum Gasteiger partial charge on any atom is 0.205 e. The third-order valence-corrected chi connectivity index (χ3v) is 4.41. The average Bonchev–Trinajstić information content (AvgIpc) is 2.54. The van der Waals surface area contributed by atoms with Crippen molar-refractivity contribution in [2.75, 3.05) is 0 Å². The van der Waals surface area contributed by atoms with Crippen LogP contribution in [0.15, 0.2) is 39.6 Å². The van der Waals surface area contributed by atoms with Gasteiger partial charge in [-0.1, -0.05) is 18.2 Å². The third-order valence-electron chi connectivity index (χ3n) is 2.44. The first-order valence-corrected chi connectivity index (χ1v) is 5.96. The van der Waals surface area contributed by atoms with Gasteiger partial charge in [0.15, 0.2) is 0 Å². The molecule has 16 heavy (non-hydrogen) atoms. The number of sulfone groups is 1. The molecule has 1 aliphatic rings. The molecule has 0 fully saturated rings. The first kappa shape index (κ1) is 10.4. The maximum absolute atomic E-state index is 12.0. The molecule has 4 nitrogen and oxygen atoms in total. The number of hydrogen-bond acceptors (Lipinski definition) is 4. The highest BCUT2D eigenvalue weighted by Gasteiger charge is 2.33. The van der Waals surface area contributed by atoms with Crippen LogP contribution in [0.2, 0.25) is 0 Å². The molecular weight excluding hydrogens is 224 g/mol. The first-order valence-electron chi connectivity index (χ1n) is 4.47. The predicted molar refractivity (Wildman–Crippen MR) is 55.6 cm³/mol. The lowest BCUT2D eigenvalue weighted by molar-refractivity contribution is 0.604. The van der Waals surface area contributed by atoms with Gasteiger partial charge in [-0.15, -0.1) is 0 Å². The van der Waals surface area contributed by atoms with Gasteiger partial charge in [0.25, 0.3) is 0 Å². The van der Waals surface area contributed by atoms with Gasteiger partial charge in [0.05, 0.1) is 9.80 Å². The van der Waals surface area contributed by atoms with Gasteiger partial charge >= 0.3 is 0 Å². The van der Waals surface area contributed by atoms with E-state index in [-0.39, 0.29) is 21.8 Å². The first-order chi connectivity index (χ1) is 7.61. The second-order valence-corrected chi connectivity index (χ2v) is 5.25. The van der Waals surface area contributed by atoms with E-state index in [1.807, 2.05) is 0 Å². The normalized spacial score (nSPS) is 16.0. The fraction of sp³-hybridized carbons (Fsp3) is 0.0909. The minimum absolute atomic E-state index is 0.0845. The average molecular weight is 230 g/mol. The van der Waals surface area contributed by atoms with Crippen molar-refractivity contribution >= 4 is 9.84 Å². The van der Waals surface area contributed by atoms with E-state index in [1.54, 1.807) is 30.3 Å². The van der Waals surface area contributed by atoms with Crippen molar-refractivity contribution in [3.8, 4) is 12.1 Å². The van der Waals surface area contributed by atoms with Gasteiger partial charge in [-0.2, -0.15) is 10.5 Å². The van der Waals surface area contributed by atoms with Crippen LogP contribution in [0.5, 0.6) is 0 Å². The number of nitriles is 2. The van der Waals surface area contributed by atoms with Crippen molar-refractivity contribution in [3.05, 3.63) is 40.3 Å². The molecule has 0 unspecified atom stereocenters. The molecule has 0 N–H and O–H groups in total. The lowest BCUT2D eigenvalue weighted by atomic mass is 10.1. The number of hydrogen-bond donors (Lipinski definition) is 0. The number of nitrogens with zero attached hydrogens (tertiary/aromatic N) is 2. The van der Waals surface area contributed by atoms with Crippen molar-refractivity contribution in [1.29, 1.82) is 10.5 Å². The summed E-state index contributed by atoms with van der Waals surface area (Å²) in [5, 5.41) is 17.4. The van der Waals surface area contributed by atoms with Crippen molar-refractivity contribution in [2.45, 2.75) is 11.3 Å². The number of fused-ring (bicyclic) bond motifs is 1. The molecule has 0 radical (unpaired) electrons. The Balaban J connectivity index is 2.78. The Labute approximate surface area is 93.0 Å². The van der Waals surface area contributed by atoms with E-state index in [9.17, 15) is 8.42 Å². The molecule has 0 spiro atoms. The molecule has 0 amide bonds. The summed E-state index contributed by atoms with van der Waals surface area (Å²) >= 11 is 0. The zero-order chi connectivity index (χ0) is 11.8. The Morgan fingerprint density at radius 2 is 1.81 bits per heavy atom.